The molecule has 2 rings (SSSR count). The molecule has 0 amide bonds. The fraction of sp³-hybridized carbons (Fsp3) is 0.786. The van der Waals surface area contributed by atoms with Gasteiger partial charge in [-0.1, -0.05) is 13.8 Å². The van der Waals surface area contributed by atoms with Gasteiger partial charge in [-0.05, 0) is 49.1 Å². The predicted molar refractivity (Wildman–Crippen MR) is 70.9 cm³/mol. The van der Waals surface area contributed by atoms with Crippen LogP contribution in [0.25, 0.3) is 0 Å². The smallest absolute Gasteiger partial charge is 0.0521 e. The monoisotopic (exact) mass is 235 g/mol. The van der Waals surface area contributed by atoms with Gasteiger partial charge in [-0.15, -0.1) is 0 Å². The summed E-state index contributed by atoms with van der Waals surface area (Å²) in [5, 5.41) is 7.77. The van der Waals surface area contributed by atoms with Crippen LogP contribution in [0.2, 0.25) is 0 Å². The maximum absolute atomic E-state index is 4.24. The Labute approximate surface area is 105 Å². The molecule has 1 unspecified atom stereocenters. The Morgan fingerprint density at radius 1 is 1.53 bits per heavy atom. The third-order valence-corrected chi connectivity index (χ3v) is 4.08. The molecule has 1 aliphatic carbocycles. The number of aryl methyl sites for hydroxylation is 2. The second-order valence-electron chi connectivity index (χ2n) is 5.73. The second-order valence-corrected chi connectivity index (χ2v) is 5.73. The lowest BCUT2D eigenvalue weighted by atomic mass is 9.79. The van der Waals surface area contributed by atoms with E-state index in [0.29, 0.717) is 5.41 Å². The van der Waals surface area contributed by atoms with Crippen molar-refractivity contribution in [2.75, 3.05) is 13.1 Å². The molecule has 1 aromatic heterocycles. The highest BCUT2D eigenvalue weighted by Gasteiger charge is 2.40. The van der Waals surface area contributed by atoms with E-state index in [1.54, 1.807) is 0 Å². The lowest BCUT2D eigenvalue weighted by molar-refractivity contribution is 0.239. The average molecular weight is 235 g/mol. The maximum atomic E-state index is 4.24. The lowest BCUT2D eigenvalue weighted by Crippen LogP contribution is -2.34. The Morgan fingerprint density at radius 3 is 2.82 bits per heavy atom. The van der Waals surface area contributed by atoms with E-state index in [4.69, 9.17) is 0 Å². The number of nitrogens with one attached hydrogen (secondary N) is 1. The number of hydrogen-bond acceptors (Lipinski definition) is 2. The first-order valence-corrected chi connectivity index (χ1v) is 6.82. The summed E-state index contributed by atoms with van der Waals surface area (Å²) in [6.45, 7) is 6.88. The minimum absolute atomic E-state index is 0.478. The molecule has 0 bridgehead atoms. The van der Waals surface area contributed by atoms with Gasteiger partial charge in [0.05, 0.1) is 6.20 Å². The Hall–Kier alpha value is -0.830. The van der Waals surface area contributed by atoms with Crippen LogP contribution in [-0.4, -0.2) is 22.9 Å². The van der Waals surface area contributed by atoms with E-state index in [0.717, 1.165) is 25.4 Å². The van der Waals surface area contributed by atoms with Crippen molar-refractivity contribution in [3.05, 3.63) is 18.0 Å². The van der Waals surface area contributed by atoms with Crippen molar-refractivity contribution >= 4 is 0 Å². The zero-order chi connectivity index (χ0) is 12.3. The third kappa shape index (κ3) is 3.32. The summed E-state index contributed by atoms with van der Waals surface area (Å²) >= 11 is 0. The Bertz CT molecular complexity index is 354. The van der Waals surface area contributed by atoms with Crippen LogP contribution in [0.4, 0.5) is 0 Å². The van der Waals surface area contributed by atoms with Gasteiger partial charge in [0.1, 0.15) is 0 Å². The first-order valence-electron chi connectivity index (χ1n) is 6.82. The molecule has 1 fully saturated rings. The first kappa shape index (κ1) is 12.6. The summed E-state index contributed by atoms with van der Waals surface area (Å²) in [7, 11) is 1.99. The fourth-order valence-corrected chi connectivity index (χ4v) is 2.66. The van der Waals surface area contributed by atoms with Gasteiger partial charge in [-0.2, -0.15) is 5.10 Å². The molecule has 1 heterocycles. The van der Waals surface area contributed by atoms with Crippen LogP contribution in [-0.2, 0) is 13.5 Å². The average Bonchev–Trinajstić information content (AvgIpc) is 3.09. The van der Waals surface area contributed by atoms with E-state index in [1.165, 1.54) is 24.8 Å². The SMILES string of the molecule is CCNCC(C)(CCc1cnn(C)c1)C1CC1. The molecule has 0 radical (unpaired) electrons. The van der Waals surface area contributed by atoms with Crippen LogP contribution >= 0.6 is 0 Å². The fourth-order valence-electron chi connectivity index (χ4n) is 2.66. The van der Waals surface area contributed by atoms with Gasteiger partial charge in [0.15, 0.2) is 0 Å². The van der Waals surface area contributed by atoms with Crippen LogP contribution in [0.3, 0.4) is 0 Å². The summed E-state index contributed by atoms with van der Waals surface area (Å²) in [4.78, 5) is 0. The predicted octanol–water partition coefficient (Wildman–Crippen LogP) is 2.38. The molecule has 1 N–H and O–H groups in total. The Balaban J connectivity index is 1.88. The van der Waals surface area contributed by atoms with Crippen LogP contribution in [0.1, 0.15) is 38.7 Å². The zero-order valence-electron chi connectivity index (χ0n) is 11.4. The van der Waals surface area contributed by atoms with Crippen LogP contribution < -0.4 is 5.32 Å². The van der Waals surface area contributed by atoms with E-state index < -0.39 is 0 Å². The lowest BCUT2D eigenvalue weighted by Gasteiger charge is -2.30. The molecule has 1 atom stereocenters. The van der Waals surface area contributed by atoms with Gasteiger partial charge in [-0.25, -0.2) is 0 Å². The van der Waals surface area contributed by atoms with Crippen molar-refractivity contribution < 1.29 is 0 Å². The molecule has 0 saturated heterocycles. The van der Waals surface area contributed by atoms with Crippen molar-refractivity contribution in [2.45, 2.75) is 39.5 Å². The molecule has 3 heteroatoms. The van der Waals surface area contributed by atoms with Crippen molar-refractivity contribution in [3.8, 4) is 0 Å². The first-order chi connectivity index (χ1) is 8.14. The summed E-state index contributed by atoms with van der Waals surface area (Å²) in [5.41, 5.74) is 1.85. The number of nitrogens with zero attached hydrogens (tertiary/aromatic N) is 2. The molecule has 3 nitrogen and oxygen atoms in total. The summed E-state index contributed by atoms with van der Waals surface area (Å²) in [6.07, 6.45) is 9.42. The maximum Gasteiger partial charge on any atom is 0.0521 e. The molecular weight excluding hydrogens is 210 g/mol. The quantitative estimate of drug-likeness (QED) is 0.786. The minimum atomic E-state index is 0.478. The van der Waals surface area contributed by atoms with Gasteiger partial charge >= 0.3 is 0 Å². The highest BCUT2D eigenvalue weighted by molar-refractivity contribution is 5.05. The van der Waals surface area contributed by atoms with Gasteiger partial charge in [0.2, 0.25) is 0 Å². The third-order valence-electron chi connectivity index (χ3n) is 4.08. The number of hydrogen-bond donors (Lipinski definition) is 1. The molecule has 1 aromatic rings. The van der Waals surface area contributed by atoms with Crippen LogP contribution in [0.15, 0.2) is 12.4 Å². The Morgan fingerprint density at radius 2 is 2.29 bits per heavy atom. The zero-order valence-corrected chi connectivity index (χ0v) is 11.4. The topological polar surface area (TPSA) is 29.9 Å². The summed E-state index contributed by atoms with van der Waals surface area (Å²) in [5.74, 6) is 0.943. The Kier molecular flexibility index (Phi) is 3.87. The second kappa shape index (κ2) is 5.21. The molecule has 1 saturated carbocycles. The van der Waals surface area contributed by atoms with E-state index in [2.05, 4.69) is 30.5 Å². The molecule has 0 spiro atoms. The minimum Gasteiger partial charge on any atom is -0.316 e. The standard InChI is InChI=1S/C14H25N3/c1-4-15-11-14(2,13-5-6-13)8-7-12-9-16-17(3)10-12/h9-10,13,15H,4-8,11H2,1-3H3. The molecule has 17 heavy (non-hydrogen) atoms. The molecular formula is C14H25N3. The van der Waals surface area contributed by atoms with Crippen LogP contribution in [0.5, 0.6) is 0 Å². The largest absolute Gasteiger partial charge is 0.316 e. The van der Waals surface area contributed by atoms with E-state index in [-0.39, 0.29) is 0 Å². The highest BCUT2D eigenvalue weighted by atomic mass is 15.2. The molecule has 0 aromatic carbocycles. The van der Waals surface area contributed by atoms with E-state index >= 15 is 0 Å². The number of rotatable bonds is 7. The molecule has 96 valence electrons. The van der Waals surface area contributed by atoms with Gasteiger partial charge < -0.3 is 5.32 Å². The van der Waals surface area contributed by atoms with E-state index in [1.807, 2.05) is 17.9 Å². The molecule has 0 aliphatic heterocycles. The molecule has 1 aliphatic rings. The van der Waals surface area contributed by atoms with Gasteiger partial charge in [0, 0.05) is 19.8 Å². The highest BCUT2D eigenvalue weighted by Crippen LogP contribution is 2.47. The van der Waals surface area contributed by atoms with Crippen molar-refractivity contribution in [3.63, 3.8) is 0 Å². The summed E-state index contributed by atoms with van der Waals surface area (Å²) in [6, 6.07) is 0. The van der Waals surface area contributed by atoms with Gasteiger partial charge in [0.25, 0.3) is 0 Å². The van der Waals surface area contributed by atoms with Crippen molar-refractivity contribution in [1.29, 1.82) is 0 Å². The van der Waals surface area contributed by atoms with Crippen molar-refractivity contribution in [2.24, 2.45) is 18.4 Å². The normalized spacial score (nSPS) is 19.2. The van der Waals surface area contributed by atoms with Crippen LogP contribution in [0, 0.1) is 11.3 Å². The van der Waals surface area contributed by atoms with Gasteiger partial charge in [-0.3, -0.25) is 4.68 Å². The number of aromatic nitrogens is 2. The van der Waals surface area contributed by atoms with Crippen molar-refractivity contribution in [1.82, 2.24) is 15.1 Å². The summed E-state index contributed by atoms with van der Waals surface area (Å²) < 4.78 is 1.90. The van der Waals surface area contributed by atoms with E-state index in [9.17, 15) is 0 Å².